The van der Waals surface area contributed by atoms with Crippen molar-refractivity contribution in [3.05, 3.63) is 83.7 Å². The number of hydrogen-bond acceptors (Lipinski definition) is 2. The first-order valence-corrected chi connectivity index (χ1v) is 10.3. The van der Waals surface area contributed by atoms with Crippen LogP contribution in [-0.4, -0.2) is 12.5 Å². The Morgan fingerprint density at radius 3 is 1.73 bits per heavy atom. The maximum atomic E-state index is 14.2. The average Bonchev–Trinajstić information content (AvgIpc) is 2.74. The summed E-state index contributed by atoms with van der Waals surface area (Å²) in [5.74, 6) is -3.19. The quantitative estimate of drug-likeness (QED) is 0.297. The molecule has 33 heavy (non-hydrogen) atoms. The molecule has 0 N–H and O–H groups in total. The van der Waals surface area contributed by atoms with E-state index in [4.69, 9.17) is 0 Å². The molecular weight excluding hydrogens is 446 g/mol. The topological polar surface area (TPSA) is 18.5 Å². The van der Waals surface area contributed by atoms with Crippen LogP contribution in [0.25, 0.3) is 11.1 Å². The Kier molecular flexibility index (Phi) is 7.56. The van der Waals surface area contributed by atoms with Crippen LogP contribution in [0.4, 0.5) is 26.3 Å². The monoisotopic (exact) mass is 468 g/mol. The Bertz CT molecular complexity index is 1040. The Morgan fingerprint density at radius 1 is 0.697 bits per heavy atom. The van der Waals surface area contributed by atoms with Gasteiger partial charge in [-0.3, -0.25) is 0 Å². The largest absolute Gasteiger partial charge is 0.573 e. The van der Waals surface area contributed by atoms with Crippen molar-refractivity contribution >= 4 is 0 Å². The number of hydrogen-bond donors (Lipinski definition) is 0. The van der Waals surface area contributed by atoms with Crippen LogP contribution in [0, 0.1) is 5.82 Å². The van der Waals surface area contributed by atoms with E-state index in [9.17, 15) is 26.3 Å². The number of aryl methyl sites for hydroxylation is 2. The Balaban J connectivity index is 1.58. The minimum atomic E-state index is -5.10. The van der Waals surface area contributed by atoms with Crippen molar-refractivity contribution in [3.8, 4) is 22.6 Å². The Hall–Kier alpha value is -3.16. The summed E-state index contributed by atoms with van der Waals surface area (Å²) in [6.07, 6.45) is -7.38. The molecule has 0 heterocycles. The molecule has 0 amide bonds. The molecule has 0 aromatic heterocycles. The van der Waals surface area contributed by atoms with Crippen LogP contribution in [0.3, 0.4) is 0 Å². The smallest absolute Gasteiger partial charge is 0.432 e. The van der Waals surface area contributed by atoms with Crippen LogP contribution < -0.4 is 9.47 Å². The van der Waals surface area contributed by atoms with E-state index in [1.165, 1.54) is 5.56 Å². The van der Waals surface area contributed by atoms with Crippen LogP contribution in [0.2, 0.25) is 0 Å². The summed E-state index contributed by atoms with van der Waals surface area (Å²) in [6.45, 7) is 2.11. The van der Waals surface area contributed by atoms with Gasteiger partial charge in [0, 0.05) is 6.07 Å². The van der Waals surface area contributed by atoms with Crippen LogP contribution in [0.1, 0.15) is 30.9 Å². The lowest BCUT2D eigenvalue weighted by Gasteiger charge is -2.19. The second kappa shape index (κ2) is 10.2. The molecule has 0 radical (unpaired) electrons. The maximum Gasteiger partial charge on any atom is 0.573 e. The van der Waals surface area contributed by atoms with Gasteiger partial charge in [0.2, 0.25) is 0 Å². The SMILES string of the molecule is CCCc1ccc(-c2ccc(CCC(F)(F)Oc3ccc(OC(F)(F)F)c(F)c3)cc2)cc1. The van der Waals surface area contributed by atoms with Gasteiger partial charge in [-0.15, -0.1) is 13.2 Å². The molecule has 0 aliphatic heterocycles. The van der Waals surface area contributed by atoms with Crippen molar-refractivity contribution in [2.24, 2.45) is 0 Å². The minimum Gasteiger partial charge on any atom is -0.432 e. The second-order valence-electron chi connectivity index (χ2n) is 7.52. The van der Waals surface area contributed by atoms with Crippen molar-refractivity contribution in [1.29, 1.82) is 0 Å². The van der Waals surface area contributed by atoms with Gasteiger partial charge in [-0.05, 0) is 47.2 Å². The Morgan fingerprint density at radius 2 is 1.24 bits per heavy atom. The summed E-state index contributed by atoms with van der Waals surface area (Å²) in [7, 11) is 0. The summed E-state index contributed by atoms with van der Waals surface area (Å²) < 4.78 is 86.6. The summed E-state index contributed by atoms with van der Waals surface area (Å²) >= 11 is 0. The molecule has 2 nitrogen and oxygen atoms in total. The van der Waals surface area contributed by atoms with Crippen molar-refractivity contribution < 1.29 is 35.8 Å². The second-order valence-corrected chi connectivity index (χ2v) is 7.52. The number of halogens is 6. The molecule has 0 bridgehead atoms. The lowest BCUT2D eigenvalue weighted by molar-refractivity contribution is -0.275. The predicted octanol–water partition coefficient (Wildman–Crippen LogP) is 7.95. The lowest BCUT2D eigenvalue weighted by Crippen LogP contribution is -2.25. The van der Waals surface area contributed by atoms with Crippen molar-refractivity contribution in [1.82, 2.24) is 0 Å². The highest BCUT2D eigenvalue weighted by Crippen LogP contribution is 2.32. The van der Waals surface area contributed by atoms with E-state index < -0.39 is 36.2 Å². The molecule has 0 aliphatic rings. The van der Waals surface area contributed by atoms with Gasteiger partial charge < -0.3 is 9.47 Å². The first-order chi connectivity index (χ1) is 15.5. The van der Waals surface area contributed by atoms with E-state index in [-0.39, 0.29) is 6.42 Å². The standard InChI is InChI=1S/C25H22F6O2/c1-2-3-17-4-8-19(9-5-17)20-10-6-18(7-11-20)14-15-24(27,28)32-21-12-13-23(22(26)16-21)33-25(29,30)31/h4-13,16H,2-3,14-15H2,1H3. The highest BCUT2D eigenvalue weighted by molar-refractivity contribution is 5.64. The highest BCUT2D eigenvalue weighted by atomic mass is 19.4. The van der Waals surface area contributed by atoms with E-state index in [0.717, 1.165) is 30.0 Å². The molecule has 0 saturated carbocycles. The highest BCUT2D eigenvalue weighted by Gasteiger charge is 2.34. The minimum absolute atomic E-state index is 0.0134. The third-order valence-electron chi connectivity index (χ3n) is 4.88. The molecule has 8 heteroatoms. The number of rotatable bonds is 9. The number of ether oxygens (including phenoxy) is 2. The fraction of sp³-hybridized carbons (Fsp3) is 0.280. The molecule has 3 rings (SSSR count). The Labute approximate surface area is 187 Å². The first-order valence-electron chi connectivity index (χ1n) is 10.3. The first kappa shape index (κ1) is 24.5. The van der Waals surface area contributed by atoms with E-state index in [2.05, 4.69) is 28.5 Å². The molecule has 0 aliphatic carbocycles. The molecule has 0 saturated heterocycles. The normalized spacial score (nSPS) is 12.0. The van der Waals surface area contributed by atoms with Gasteiger partial charge in [0.05, 0.1) is 6.42 Å². The number of alkyl halides is 5. The molecule has 0 spiro atoms. The van der Waals surface area contributed by atoms with Crippen LogP contribution in [-0.2, 0) is 12.8 Å². The lowest BCUT2D eigenvalue weighted by atomic mass is 10.00. The summed E-state index contributed by atoms with van der Waals surface area (Å²) in [4.78, 5) is 0. The fourth-order valence-corrected chi connectivity index (χ4v) is 3.28. The maximum absolute atomic E-state index is 14.2. The zero-order chi connectivity index (χ0) is 24.1. The summed E-state index contributed by atoms with van der Waals surface area (Å²) in [6, 6.07) is 17.1. The van der Waals surface area contributed by atoms with E-state index in [1.54, 1.807) is 12.1 Å². The summed E-state index contributed by atoms with van der Waals surface area (Å²) in [5, 5.41) is 0. The molecule has 3 aromatic carbocycles. The van der Waals surface area contributed by atoms with E-state index in [1.807, 2.05) is 24.3 Å². The molecule has 0 atom stereocenters. The third kappa shape index (κ3) is 7.44. The fourth-order valence-electron chi connectivity index (χ4n) is 3.28. The van der Waals surface area contributed by atoms with Crippen LogP contribution in [0.15, 0.2) is 66.7 Å². The van der Waals surface area contributed by atoms with Gasteiger partial charge in [0.1, 0.15) is 5.75 Å². The van der Waals surface area contributed by atoms with E-state index in [0.29, 0.717) is 17.7 Å². The molecule has 0 unspecified atom stereocenters. The molecule has 0 fully saturated rings. The molecule has 176 valence electrons. The third-order valence-corrected chi connectivity index (χ3v) is 4.88. The van der Waals surface area contributed by atoms with Crippen molar-refractivity contribution in [2.75, 3.05) is 0 Å². The van der Waals surface area contributed by atoms with Gasteiger partial charge in [-0.1, -0.05) is 61.9 Å². The van der Waals surface area contributed by atoms with Crippen LogP contribution >= 0.6 is 0 Å². The molecule has 3 aromatic rings. The van der Waals surface area contributed by atoms with Gasteiger partial charge >= 0.3 is 12.5 Å². The van der Waals surface area contributed by atoms with Gasteiger partial charge in [0.25, 0.3) is 0 Å². The zero-order valence-corrected chi connectivity index (χ0v) is 17.8. The average molecular weight is 468 g/mol. The van der Waals surface area contributed by atoms with Gasteiger partial charge in [-0.2, -0.15) is 8.78 Å². The van der Waals surface area contributed by atoms with Gasteiger partial charge in [-0.25, -0.2) is 4.39 Å². The number of benzene rings is 3. The van der Waals surface area contributed by atoms with Crippen LogP contribution in [0.5, 0.6) is 11.5 Å². The molecular formula is C25H22F6O2. The van der Waals surface area contributed by atoms with E-state index >= 15 is 0 Å². The zero-order valence-electron chi connectivity index (χ0n) is 17.8. The summed E-state index contributed by atoms with van der Waals surface area (Å²) in [5.41, 5.74) is 3.89. The van der Waals surface area contributed by atoms with Crippen molar-refractivity contribution in [3.63, 3.8) is 0 Å². The predicted molar refractivity (Wildman–Crippen MR) is 113 cm³/mol. The van der Waals surface area contributed by atoms with Gasteiger partial charge in [0.15, 0.2) is 11.6 Å². The van der Waals surface area contributed by atoms with Crippen molar-refractivity contribution in [2.45, 2.75) is 45.1 Å².